The second-order valence-electron chi connectivity index (χ2n) is 4.99. The summed E-state index contributed by atoms with van der Waals surface area (Å²) in [5.41, 5.74) is 7.59. The van der Waals surface area contributed by atoms with E-state index in [1.165, 1.54) is 0 Å². The van der Waals surface area contributed by atoms with Crippen LogP contribution in [0.1, 0.15) is 18.4 Å². The highest BCUT2D eigenvalue weighted by atomic mass is 32.2. The molecule has 2 N–H and O–H groups in total. The number of nitrogens with two attached hydrogens (primary N) is 1. The van der Waals surface area contributed by atoms with Crippen molar-refractivity contribution >= 4 is 17.4 Å². The van der Waals surface area contributed by atoms with Crippen molar-refractivity contribution in [2.45, 2.75) is 30.5 Å². The predicted molar refractivity (Wildman–Crippen MR) is 77.1 cm³/mol. The van der Waals surface area contributed by atoms with Crippen LogP contribution in [-0.2, 0) is 6.54 Å². The molecule has 0 bridgehead atoms. The molecule has 1 unspecified atom stereocenters. The Morgan fingerprint density at radius 1 is 1.40 bits per heavy atom. The van der Waals surface area contributed by atoms with Gasteiger partial charge in [0.1, 0.15) is 0 Å². The first-order valence-corrected chi connectivity index (χ1v) is 7.87. The Bertz CT molecular complexity index is 462. The molecule has 2 rings (SSSR count). The summed E-state index contributed by atoms with van der Waals surface area (Å²) in [6.07, 6.45) is -1.37. The van der Waals surface area contributed by atoms with Crippen molar-refractivity contribution in [2.24, 2.45) is 11.7 Å². The highest BCUT2D eigenvalue weighted by molar-refractivity contribution is 7.98. The molecule has 0 aliphatic carbocycles. The molecular weight excluding hydrogens is 285 g/mol. The third-order valence-corrected chi connectivity index (χ3v) is 4.58. The van der Waals surface area contributed by atoms with Gasteiger partial charge in [-0.3, -0.25) is 0 Å². The van der Waals surface area contributed by atoms with E-state index in [9.17, 15) is 13.2 Å². The van der Waals surface area contributed by atoms with E-state index in [4.69, 9.17) is 5.73 Å². The van der Waals surface area contributed by atoms with Crippen molar-refractivity contribution in [3.8, 4) is 0 Å². The van der Waals surface area contributed by atoms with E-state index in [0.717, 1.165) is 16.1 Å². The minimum Gasteiger partial charge on any atom is -0.371 e. The van der Waals surface area contributed by atoms with Crippen molar-refractivity contribution in [1.82, 2.24) is 0 Å². The molecule has 1 aliphatic rings. The highest BCUT2D eigenvalue weighted by Crippen LogP contribution is 2.37. The molecule has 0 saturated carbocycles. The van der Waals surface area contributed by atoms with Crippen molar-refractivity contribution in [2.75, 3.05) is 24.2 Å². The summed E-state index contributed by atoms with van der Waals surface area (Å²) >= 11 is 1.58. The Morgan fingerprint density at radius 2 is 2.15 bits per heavy atom. The zero-order chi connectivity index (χ0) is 14.8. The van der Waals surface area contributed by atoms with Gasteiger partial charge in [-0.25, -0.2) is 0 Å². The lowest BCUT2D eigenvalue weighted by atomic mass is 9.96. The molecule has 0 aromatic heterocycles. The first-order valence-electron chi connectivity index (χ1n) is 6.65. The second kappa shape index (κ2) is 6.26. The molecule has 0 amide bonds. The average molecular weight is 304 g/mol. The Kier molecular flexibility index (Phi) is 4.86. The standard InChI is InChI=1S/C14H19F3N2S/c1-20-13-6-2-5-12(11(13)8-18)19-7-3-4-10(9-19)14(15,16)17/h2,5-6,10H,3-4,7-9,18H2,1H3. The molecular formula is C14H19F3N2S. The van der Waals surface area contributed by atoms with Gasteiger partial charge in [-0.2, -0.15) is 13.2 Å². The monoisotopic (exact) mass is 304 g/mol. The van der Waals surface area contributed by atoms with Crippen LogP contribution in [0.2, 0.25) is 0 Å². The van der Waals surface area contributed by atoms with E-state index < -0.39 is 12.1 Å². The third kappa shape index (κ3) is 3.23. The van der Waals surface area contributed by atoms with Crippen LogP contribution in [0.3, 0.4) is 0 Å². The van der Waals surface area contributed by atoms with E-state index in [2.05, 4.69) is 0 Å². The Hall–Kier alpha value is -0.880. The minimum atomic E-state index is -4.11. The molecule has 1 aromatic carbocycles. The second-order valence-corrected chi connectivity index (χ2v) is 5.84. The van der Waals surface area contributed by atoms with Crippen LogP contribution in [0.4, 0.5) is 18.9 Å². The van der Waals surface area contributed by atoms with Crippen molar-refractivity contribution < 1.29 is 13.2 Å². The summed E-state index contributed by atoms with van der Waals surface area (Å²) < 4.78 is 38.7. The normalized spacial score (nSPS) is 20.2. The number of benzene rings is 1. The predicted octanol–water partition coefficient (Wildman–Crippen LogP) is 3.65. The third-order valence-electron chi connectivity index (χ3n) is 3.76. The van der Waals surface area contributed by atoms with Gasteiger partial charge in [0.2, 0.25) is 0 Å². The zero-order valence-electron chi connectivity index (χ0n) is 11.4. The van der Waals surface area contributed by atoms with E-state index in [0.29, 0.717) is 19.5 Å². The van der Waals surface area contributed by atoms with Crippen molar-refractivity contribution in [3.63, 3.8) is 0 Å². The number of anilines is 1. The van der Waals surface area contributed by atoms with E-state index in [1.54, 1.807) is 11.8 Å². The van der Waals surface area contributed by atoms with Crippen LogP contribution >= 0.6 is 11.8 Å². The van der Waals surface area contributed by atoms with Crippen molar-refractivity contribution in [3.05, 3.63) is 23.8 Å². The maximum absolute atomic E-state index is 12.9. The number of piperidine rings is 1. The number of hydrogen-bond acceptors (Lipinski definition) is 3. The van der Waals surface area contributed by atoms with Gasteiger partial charge in [0.15, 0.2) is 0 Å². The number of thioether (sulfide) groups is 1. The van der Waals surface area contributed by atoms with Gasteiger partial charge in [0.25, 0.3) is 0 Å². The van der Waals surface area contributed by atoms with Crippen LogP contribution in [0.15, 0.2) is 23.1 Å². The van der Waals surface area contributed by atoms with Crippen LogP contribution in [0, 0.1) is 5.92 Å². The van der Waals surface area contributed by atoms with Crippen LogP contribution in [0.25, 0.3) is 0 Å². The molecule has 0 spiro atoms. The summed E-state index contributed by atoms with van der Waals surface area (Å²) in [7, 11) is 0. The van der Waals surface area contributed by atoms with Gasteiger partial charge in [-0.1, -0.05) is 6.07 Å². The lowest BCUT2D eigenvalue weighted by Crippen LogP contribution is -2.42. The molecule has 2 nitrogen and oxygen atoms in total. The maximum atomic E-state index is 12.9. The molecule has 1 heterocycles. The van der Waals surface area contributed by atoms with Gasteiger partial charge >= 0.3 is 6.18 Å². The Morgan fingerprint density at radius 3 is 2.75 bits per heavy atom. The average Bonchev–Trinajstić information content (AvgIpc) is 2.45. The summed E-state index contributed by atoms with van der Waals surface area (Å²) in [6.45, 7) is 1.05. The fraction of sp³-hybridized carbons (Fsp3) is 0.571. The molecule has 1 aliphatic heterocycles. The summed E-state index contributed by atoms with van der Waals surface area (Å²) in [4.78, 5) is 2.88. The molecule has 1 aromatic rings. The maximum Gasteiger partial charge on any atom is 0.393 e. The van der Waals surface area contributed by atoms with Gasteiger partial charge in [-0.05, 0) is 31.2 Å². The molecule has 112 valence electrons. The summed E-state index contributed by atoms with van der Waals surface area (Å²) in [5, 5.41) is 0. The lowest BCUT2D eigenvalue weighted by molar-refractivity contribution is -0.176. The Balaban J connectivity index is 2.27. The van der Waals surface area contributed by atoms with Gasteiger partial charge in [0.05, 0.1) is 5.92 Å². The van der Waals surface area contributed by atoms with Crippen LogP contribution < -0.4 is 10.6 Å². The largest absolute Gasteiger partial charge is 0.393 e. The van der Waals surface area contributed by atoms with Gasteiger partial charge in [0, 0.05) is 35.8 Å². The molecule has 20 heavy (non-hydrogen) atoms. The van der Waals surface area contributed by atoms with Gasteiger partial charge < -0.3 is 10.6 Å². The molecule has 1 fully saturated rings. The SMILES string of the molecule is CSc1cccc(N2CCCC(C(F)(F)F)C2)c1CN. The smallest absolute Gasteiger partial charge is 0.371 e. The number of alkyl halides is 3. The van der Waals surface area contributed by atoms with Crippen LogP contribution in [-0.4, -0.2) is 25.5 Å². The van der Waals surface area contributed by atoms with E-state index in [1.807, 2.05) is 29.4 Å². The minimum absolute atomic E-state index is 0.0360. The lowest BCUT2D eigenvalue weighted by Gasteiger charge is -2.36. The summed E-state index contributed by atoms with van der Waals surface area (Å²) in [5.74, 6) is -1.24. The molecule has 6 heteroatoms. The molecule has 0 radical (unpaired) electrons. The highest BCUT2D eigenvalue weighted by Gasteiger charge is 2.42. The van der Waals surface area contributed by atoms with Gasteiger partial charge in [-0.15, -0.1) is 11.8 Å². The summed E-state index contributed by atoms with van der Waals surface area (Å²) in [6, 6.07) is 5.72. The molecule has 1 saturated heterocycles. The molecule has 1 atom stereocenters. The van der Waals surface area contributed by atoms with Crippen LogP contribution in [0.5, 0.6) is 0 Å². The Labute approximate surface area is 121 Å². The first kappa shape index (κ1) is 15.5. The topological polar surface area (TPSA) is 29.3 Å². The number of nitrogens with zero attached hydrogens (tertiary/aromatic N) is 1. The number of halogens is 3. The van der Waals surface area contributed by atoms with E-state index >= 15 is 0 Å². The fourth-order valence-corrected chi connectivity index (χ4v) is 3.36. The fourth-order valence-electron chi connectivity index (χ4n) is 2.71. The quantitative estimate of drug-likeness (QED) is 0.864. The number of hydrogen-bond donors (Lipinski definition) is 1. The zero-order valence-corrected chi connectivity index (χ0v) is 12.2. The van der Waals surface area contributed by atoms with E-state index in [-0.39, 0.29) is 13.0 Å². The first-order chi connectivity index (χ1) is 9.47. The number of rotatable bonds is 3. The van der Waals surface area contributed by atoms with Crippen molar-refractivity contribution in [1.29, 1.82) is 0 Å².